The smallest absolute Gasteiger partial charge is 0.163 e. The van der Waals surface area contributed by atoms with E-state index < -0.39 is 0 Å². The van der Waals surface area contributed by atoms with Gasteiger partial charge in [-0.2, -0.15) is 0 Å². The molecule has 0 saturated carbocycles. The van der Waals surface area contributed by atoms with Gasteiger partial charge < -0.3 is 20.9 Å². The van der Waals surface area contributed by atoms with Crippen LogP contribution in [0.5, 0.6) is 0 Å². The molecule has 4 nitrogen and oxygen atoms in total. The molecule has 4 aliphatic rings. The van der Waals surface area contributed by atoms with Crippen LogP contribution in [0.25, 0.3) is 0 Å². The van der Waals surface area contributed by atoms with Gasteiger partial charge in [0.25, 0.3) is 0 Å². The molecule has 4 fully saturated rings. The lowest BCUT2D eigenvalue weighted by molar-refractivity contribution is -0.0669. The average Bonchev–Trinajstić information content (AvgIpc) is 2.38. The molecule has 0 aromatic heterocycles. The summed E-state index contributed by atoms with van der Waals surface area (Å²) in [6.45, 7) is 11.9. The number of hydrogen-bond donors (Lipinski definition) is 2. The number of hydrogen-bond acceptors (Lipinski definition) is 3. The van der Waals surface area contributed by atoms with Crippen LogP contribution in [-0.4, -0.2) is 60.2 Å². The van der Waals surface area contributed by atoms with Crippen LogP contribution in [-0.2, 0) is 0 Å². The Kier molecular flexibility index (Phi) is 2.44. The molecule has 0 atom stereocenters. The lowest BCUT2D eigenvalue weighted by Gasteiger charge is -2.59. The molecule has 0 amide bonds. The van der Waals surface area contributed by atoms with E-state index in [0.29, 0.717) is 11.2 Å². The second kappa shape index (κ2) is 3.56. The first-order valence-electron chi connectivity index (χ1n) is 6.42. The monoisotopic (exact) mass is 254 g/mol. The number of piperidine rings is 2. The Morgan fingerprint density at radius 2 is 1.53 bits per heavy atom. The highest BCUT2D eigenvalue weighted by Gasteiger charge is 2.57. The maximum absolute atomic E-state index is 5.72. The van der Waals surface area contributed by atoms with Gasteiger partial charge in [-0.1, -0.05) is 13.8 Å². The molecule has 5 heteroatoms. The minimum Gasteiger partial charge on any atom is -0.376 e. The molecule has 0 aromatic carbocycles. The number of nitrogens with one attached hydrogen (secondary N) is 1. The van der Waals surface area contributed by atoms with Crippen molar-refractivity contribution in [3.8, 4) is 0 Å². The lowest BCUT2D eigenvalue weighted by atomic mass is 9.62. The molecule has 4 bridgehead atoms. The molecule has 4 rings (SSSR count). The Morgan fingerprint density at radius 1 is 1.12 bits per heavy atom. The number of fused-ring (bicyclic) bond motifs is 1. The van der Waals surface area contributed by atoms with Crippen molar-refractivity contribution in [2.24, 2.45) is 16.6 Å². The summed E-state index contributed by atoms with van der Waals surface area (Å²) in [5.74, 6) is 0. The van der Waals surface area contributed by atoms with Crippen molar-refractivity contribution < 1.29 is 0 Å². The van der Waals surface area contributed by atoms with Gasteiger partial charge in [0, 0.05) is 56.1 Å². The van der Waals surface area contributed by atoms with Crippen molar-refractivity contribution >= 4 is 17.3 Å². The fourth-order valence-electron chi connectivity index (χ4n) is 4.55. The van der Waals surface area contributed by atoms with E-state index in [1.165, 1.54) is 39.3 Å². The van der Waals surface area contributed by atoms with Crippen LogP contribution >= 0.6 is 12.2 Å². The molecule has 0 aliphatic carbocycles. The molecular formula is C12H22N4S. The Bertz CT molecular complexity index is 318. The SMILES string of the molecule is CC12CN3CCN(C1)CC(C)(C3)C2NC(N)=S. The minimum atomic E-state index is 0.269. The Morgan fingerprint density at radius 3 is 1.88 bits per heavy atom. The van der Waals surface area contributed by atoms with E-state index in [2.05, 4.69) is 29.0 Å². The highest BCUT2D eigenvalue weighted by Crippen LogP contribution is 2.47. The first-order valence-corrected chi connectivity index (χ1v) is 6.83. The van der Waals surface area contributed by atoms with Gasteiger partial charge in [0.15, 0.2) is 5.11 Å². The maximum atomic E-state index is 5.72. The zero-order chi connectivity index (χ0) is 12.3. The fraction of sp³-hybridized carbons (Fsp3) is 0.917. The van der Waals surface area contributed by atoms with E-state index in [0.717, 1.165) is 0 Å². The molecule has 0 radical (unpaired) electrons. The summed E-state index contributed by atoms with van der Waals surface area (Å²) in [6, 6.07) is 0.415. The van der Waals surface area contributed by atoms with Gasteiger partial charge in [0.2, 0.25) is 0 Å². The zero-order valence-electron chi connectivity index (χ0n) is 10.7. The van der Waals surface area contributed by atoms with Crippen LogP contribution in [0.1, 0.15) is 13.8 Å². The van der Waals surface area contributed by atoms with Crippen LogP contribution in [0, 0.1) is 10.8 Å². The highest BCUT2D eigenvalue weighted by molar-refractivity contribution is 7.80. The molecule has 4 aliphatic heterocycles. The Balaban J connectivity index is 1.97. The van der Waals surface area contributed by atoms with Crippen LogP contribution < -0.4 is 11.1 Å². The van der Waals surface area contributed by atoms with Crippen LogP contribution in [0.3, 0.4) is 0 Å². The van der Waals surface area contributed by atoms with Gasteiger partial charge in [0.05, 0.1) is 0 Å². The molecule has 0 spiro atoms. The van der Waals surface area contributed by atoms with E-state index in [4.69, 9.17) is 18.0 Å². The first kappa shape index (κ1) is 11.7. The van der Waals surface area contributed by atoms with E-state index in [-0.39, 0.29) is 10.8 Å². The normalized spacial score (nSPS) is 52.2. The van der Waals surface area contributed by atoms with Gasteiger partial charge in [-0.05, 0) is 12.2 Å². The summed E-state index contributed by atoms with van der Waals surface area (Å²) >= 11 is 5.07. The van der Waals surface area contributed by atoms with Crippen molar-refractivity contribution in [2.75, 3.05) is 39.3 Å². The van der Waals surface area contributed by atoms with Gasteiger partial charge in [-0.15, -0.1) is 0 Å². The van der Waals surface area contributed by atoms with Gasteiger partial charge in [0.1, 0.15) is 0 Å². The van der Waals surface area contributed by atoms with Crippen molar-refractivity contribution in [1.29, 1.82) is 0 Å². The van der Waals surface area contributed by atoms with Crippen molar-refractivity contribution in [3.05, 3.63) is 0 Å². The van der Waals surface area contributed by atoms with Crippen LogP contribution in [0.15, 0.2) is 0 Å². The van der Waals surface area contributed by atoms with Crippen LogP contribution in [0.2, 0.25) is 0 Å². The summed E-state index contributed by atoms with van der Waals surface area (Å²) < 4.78 is 0. The molecule has 0 aromatic rings. The van der Waals surface area contributed by atoms with Gasteiger partial charge >= 0.3 is 0 Å². The number of thiocarbonyl (C=S) groups is 1. The molecular weight excluding hydrogens is 232 g/mol. The van der Waals surface area contributed by atoms with Crippen LogP contribution in [0.4, 0.5) is 0 Å². The minimum absolute atomic E-state index is 0.269. The molecule has 0 unspecified atom stereocenters. The largest absolute Gasteiger partial charge is 0.376 e. The standard InChI is InChI=1S/C12H22N4S/c1-11-5-15-3-4-16(6-11)8-12(2,7-15)9(11)14-10(13)17/h9H,3-8H2,1-2H3,(H3,13,14,17). The van der Waals surface area contributed by atoms with E-state index in [9.17, 15) is 0 Å². The number of nitrogens with zero attached hydrogens (tertiary/aromatic N) is 2. The Labute approximate surface area is 109 Å². The molecule has 3 N–H and O–H groups in total. The predicted octanol–water partition coefficient (Wildman–Crippen LogP) is -0.154. The fourth-order valence-corrected chi connectivity index (χ4v) is 4.67. The van der Waals surface area contributed by atoms with E-state index in [1.807, 2.05) is 0 Å². The third-order valence-electron chi connectivity index (χ3n) is 4.75. The first-order chi connectivity index (χ1) is 7.91. The molecule has 96 valence electrons. The summed E-state index contributed by atoms with van der Waals surface area (Å²) in [7, 11) is 0. The van der Waals surface area contributed by atoms with Crippen molar-refractivity contribution in [2.45, 2.75) is 19.9 Å². The molecule has 17 heavy (non-hydrogen) atoms. The summed E-state index contributed by atoms with van der Waals surface area (Å²) in [5.41, 5.74) is 6.26. The van der Waals surface area contributed by atoms with E-state index >= 15 is 0 Å². The summed E-state index contributed by atoms with van der Waals surface area (Å²) in [5, 5.41) is 3.84. The lowest BCUT2D eigenvalue weighted by Crippen LogP contribution is -2.72. The Hall–Kier alpha value is -0.390. The quantitative estimate of drug-likeness (QED) is 0.637. The molecule has 4 heterocycles. The second-order valence-electron chi connectivity index (χ2n) is 6.67. The predicted molar refractivity (Wildman–Crippen MR) is 72.8 cm³/mol. The third-order valence-corrected chi connectivity index (χ3v) is 4.87. The highest BCUT2D eigenvalue weighted by atomic mass is 32.1. The van der Waals surface area contributed by atoms with Gasteiger partial charge in [-0.3, -0.25) is 0 Å². The molecule has 4 saturated heterocycles. The number of rotatable bonds is 1. The van der Waals surface area contributed by atoms with Gasteiger partial charge in [-0.25, -0.2) is 0 Å². The summed E-state index contributed by atoms with van der Waals surface area (Å²) in [6.07, 6.45) is 0. The second-order valence-corrected chi connectivity index (χ2v) is 7.11. The zero-order valence-corrected chi connectivity index (χ0v) is 11.5. The average molecular weight is 254 g/mol. The topological polar surface area (TPSA) is 44.5 Å². The third kappa shape index (κ3) is 1.75. The van der Waals surface area contributed by atoms with Crippen molar-refractivity contribution in [1.82, 2.24) is 15.1 Å². The summed E-state index contributed by atoms with van der Waals surface area (Å²) in [4.78, 5) is 5.23. The van der Waals surface area contributed by atoms with Crippen molar-refractivity contribution in [3.63, 3.8) is 0 Å². The maximum Gasteiger partial charge on any atom is 0.163 e. The number of nitrogens with two attached hydrogens (primary N) is 1. The van der Waals surface area contributed by atoms with E-state index in [1.54, 1.807) is 0 Å².